The van der Waals surface area contributed by atoms with E-state index in [2.05, 4.69) is 20.6 Å². The van der Waals surface area contributed by atoms with Gasteiger partial charge in [-0.2, -0.15) is 0 Å². The molecular weight excluding hydrogens is 593 g/mol. The zero-order valence-corrected chi connectivity index (χ0v) is 25.3. The van der Waals surface area contributed by atoms with Gasteiger partial charge in [-0.05, 0) is 41.8 Å². The zero-order chi connectivity index (χ0) is 32.0. The predicted octanol–water partition coefficient (Wildman–Crippen LogP) is 3.64. The number of H-pyrrole nitrogens is 1. The fraction of sp³-hybridized carbons (Fsp3) is 0.294. The lowest BCUT2D eigenvalue weighted by atomic mass is 10.0. The second-order valence-electron chi connectivity index (χ2n) is 11.2. The molecule has 0 spiro atoms. The van der Waals surface area contributed by atoms with Crippen molar-refractivity contribution in [3.8, 4) is 28.5 Å². The molecule has 4 bridgehead atoms. The van der Waals surface area contributed by atoms with Crippen molar-refractivity contribution in [2.75, 3.05) is 26.8 Å². The van der Waals surface area contributed by atoms with Crippen LogP contribution in [0, 0.1) is 5.82 Å². The summed E-state index contributed by atoms with van der Waals surface area (Å²) in [6, 6.07) is 18.3. The molecule has 2 aliphatic heterocycles. The van der Waals surface area contributed by atoms with Crippen molar-refractivity contribution < 1.29 is 33.0 Å². The number of carbonyl (C=O) groups excluding carboxylic acids is 3. The average molecular weight is 628 g/mol. The van der Waals surface area contributed by atoms with Crippen molar-refractivity contribution in [1.82, 2.24) is 25.5 Å². The molecule has 0 saturated carbocycles. The summed E-state index contributed by atoms with van der Waals surface area (Å²) in [5.41, 5.74) is 3.02. The Hall–Kier alpha value is -5.39. The highest BCUT2D eigenvalue weighted by atomic mass is 19.1. The van der Waals surface area contributed by atoms with Crippen LogP contribution >= 0.6 is 0 Å². The molecule has 1 fully saturated rings. The van der Waals surface area contributed by atoms with Gasteiger partial charge in [0.15, 0.2) is 18.1 Å². The predicted molar refractivity (Wildman–Crippen MR) is 166 cm³/mol. The highest BCUT2D eigenvalue weighted by Crippen LogP contribution is 2.29. The van der Waals surface area contributed by atoms with Crippen LogP contribution in [0.1, 0.15) is 34.5 Å². The van der Waals surface area contributed by atoms with E-state index in [-0.39, 0.29) is 43.7 Å². The molecule has 3 heterocycles. The molecule has 0 radical (unpaired) electrons. The Labute approximate surface area is 265 Å². The molecule has 238 valence electrons. The molecule has 3 amide bonds. The number of likely N-dealkylation sites (tertiary alicyclic amines) is 1. The van der Waals surface area contributed by atoms with Crippen LogP contribution in [0.5, 0.6) is 17.2 Å². The van der Waals surface area contributed by atoms with E-state index in [1.165, 1.54) is 25.6 Å². The van der Waals surface area contributed by atoms with Crippen LogP contribution < -0.4 is 24.8 Å². The number of imidazole rings is 1. The summed E-state index contributed by atoms with van der Waals surface area (Å²) in [4.78, 5) is 48.6. The van der Waals surface area contributed by atoms with Crippen LogP contribution in [0.25, 0.3) is 11.3 Å². The molecule has 2 atom stereocenters. The van der Waals surface area contributed by atoms with Crippen molar-refractivity contribution in [1.29, 1.82) is 0 Å². The van der Waals surface area contributed by atoms with Crippen LogP contribution in [0.15, 0.2) is 73.1 Å². The van der Waals surface area contributed by atoms with Gasteiger partial charge in [0.25, 0.3) is 11.8 Å². The summed E-state index contributed by atoms with van der Waals surface area (Å²) in [7, 11) is 1.50. The van der Waals surface area contributed by atoms with Gasteiger partial charge in [0.05, 0.1) is 19.5 Å². The maximum atomic E-state index is 14.7. The smallest absolute Gasteiger partial charge is 0.272 e. The summed E-state index contributed by atoms with van der Waals surface area (Å²) in [6.07, 6.45) is 1.87. The van der Waals surface area contributed by atoms with Crippen LogP contribution in [-0.2, 0) is 22.6 Å². The number of aromatic amines is 1. The number of fused-ring (bicyclic) bond motifs is 5. The summed E-state index contributed by atoms with van der Waals surface area (Å²) in [5, 5.41) is 5.81. The Morgan fingerprint density at radius 1 is 1.02 bits per heavy atom. The van der Waals surface area contributed by atoms with Crippen LogP contribution in [0.2, 0.25) is 0 Å². The highest BCUT2D eigenvalue weighted by Gasteiger charge is 2.36. The van der Waals surface area contributed by atoms with E-state index in [4.69, 9.17) is 14.2 Å². The third-order valence-electron chi connectivity index (χ3n) is 8.02. The minimum atomic E-state index is -0.657. The summed E-state index contributed by atoms with van der Waals surface area (Å²) < 4.78 is 32.2. The molecule has 1 aromatic heterocycles. The fourth-order valence-corrected chi connectivity index (χ4v) is 5.72. The molecule has 0 unspecified atom stereocenters. The maximum absolute atomic E-state index is 14.7. The number of hydrogen-bond acceptors (Lipinski definition) is 7. The summed E-state index contributed by atoms with van der Waals surface area (Å²) in [5.74, 6) is -0.363. The number of piperidine rings is 1. The molecule has 3 N–H and O–H groups in total. The van der Waals surface area contributed by atoms with E-state index in [1.807, 2.05) is 36.4 Å². The molecule has 0 aliphatic carbocycles. The van der Waals surface area contributed by atoms with Crippen molar-refractivity contribution >= 4 is 17.7 Å². The van der Waals surface area contributed by atoms with Gasteiger partial charge in [0, 0.05) is 44.1 Å². The number of ether oxygens (including phenoxy) is 3. The first-order chi connectivity index (χ1) is 22.4. The third kappa shape index (κ3) is 7.12. The van der Waals surface area contributed by atoms with Crippen LogP contribution in [-0.4, -0.2) is 71.5 Å². The van der Waals surface area contributed by atoms with Gasteiger partial charge in [0.2, 0.25) is 5.91 Å². The van der Waals surface area contributed by atoms with Crippen molar-refractivity contribution in [3.05, 3.63) is 95.7 Å². The molecule has 4 aromatic rings. The first-order valence-electron chi connectivity index (χ1n) is 15.1. The molecule has 1 saturated heterocycles. The summed E-state index contributed by atoms with van der Waals surface area (Å²) >= 11 is 0. The molecule has 3 aromatic carbocycles. The number of aromatic nitrogens is 2. The number of hydrogen-bond donors (Lipinski definition) is 3. The zero-order valence-electron chi connectivity index (χ0n) is 25.3. The molecule has 2 aliphatic rings. The lowest BCUT2D eigenvalue weighted by Crippen LogP contribution is -2.58. The van der Waals surface area contributed by atoms with E-state index in [1.54, 1.807) is 23.1 Å². The minimum absolute atomic E-state index is 0.116. The number of benzene rings is 3. The first kappa shape index (κ1) is 30.6. The number of nitrogens with one attached hydrogen (secondary N) is 3. The molecule has 12 heteroatoms. The minimum Gasteiger partial charge on any atom is -0.493 e. The monoisotopic (exact) mass is 627 g/mol. The van der Waals surface area contributed by atoms with E-state index >= 15 is 0 Å². The molecular formula is C34H34FN5O6. The number of amides is 3. The Balaban J connectivity index is 1.27. The van der Waals surface area contributed by atoms with Gasteiger partial charge in [-0.25, -0.2) is 9.37 Å². The van der Waals surface area contributed by atoms with Gasteiger partial charge < -0.3 is 34.7 Å². The Bertz CT molecular complexity index is 1730. The van der Waals surface area contributed by atoms with E-state index in [0.29, 0.717) is 47.8 Å². The lowest BCUT2D eigenvalue weighted by molar-refractivity contribution is -0.125. The molecule has 11 nitrogen and oxygen atoms in total. The lowest BCUT2D eigenvalue weighted by Gasteiger charge is -2.38. The summed E-state index contributed by atoms with van der Waals surface area (Å²) in [6.45, 7) is 0.229. The number of methoxy groups -OCH3 is 1. The number of halogens is 1. The van der Waals surface area contributed by atoms with Gasteiger partial charge in [-0.15, -0.1) is 0 Å². The normalized spacial score (nSPS) is 18.9. The quantitative estimate of drug-likeness (QED) is 0.316. The molecule has 6 rings (SSSR count). The number of aryl methyl sites for hydroxylation is 1. The first-order valence-corrected chi connectivity index (χ1v) is 15.1. The SMILES string of the molecule is COc1ccc2cc1OCC(=O)N[C@@H]1CN(C(=O)c3[nH]cnc3-c3ccccc3)CC[C@H]1Oc1cc(F)cc(c1)CNC(=O)CC2. The standard InChI is InChI=1S/C34H34FN5O6/c1-44-28-9-7-21-8-10-30(41)36-17-22-13-24(35)16-25(14-22)46-27-11-12-40(18-26(27)39-31(42)19-45-29(28)15-21)34(43)33-32(37-20-38-33)23-5-3-2-4-6-23/h2-7,9,13-16,20,26-27H,8,10-12,17-19H2,1H3,(H,36,41)(H,37,38)(H,39,42)/t26-,27-/m1/s1. The third-order valence-corrected chi connectivity index (χ3v) is 8.02. The largest absolute Gasteiger partial charge is 0.493 e. The Kier molecular flexibility index (Phi) is 9.13. The number of rotatable bonds is 3. The topological polar surface area (TPSA) is 135 Å². The Morgan fingerprint density at radius 2 is 1.87 bits per heavy atom. The van der Waals surface area contributed by atoms with Crippen LogP contribution in [0.4, 0.5) is 4.39 Å². The highest BCUT2D eigenvalue weighted by molar-refractivity contribution is 5.98. The van der Waals surface area contributed by atoms with Crippen molar-refractivity contribution in [2.24, 2.45) is 0 Å². The van der Waals surface area contributed by atoms with Crippen molar-refractivity contribution in [3.63, 3.8) is 0 Å². The van der Waals surface area contributed by atoms with Crippen molar-refractivity contribution in [2.45, 2.75) is 38.0 Å². The van der Waals surface area contributed by atoms with E-state index in [0.717, 1.165) is 11.1 Å². The van der Waals surface area contributed by atoms with Gasteiger partial charge in [0.1, 0.15) is 29.1 Å². The van der Waals surface area contributed by atoms with Gasteiger partial charge in [-0.1, -0.05) is 36.4 Å². The van der Waals surface area contributed by atoms with Gasteiger partial charge >= 0.3 is 0 Å². The van der Waals surface area contributed by atoms with E-state index in [9.17, 15) is 18.8 Å². The fourth-order valence-electron chi connectivity index (χ4n) is 5.72. The Morgan fingerprint density at radius 3 is 2.70 bits per heavy atom. The number of nitrogens with zero attached hydrogens (tertiary/aromatic N) is 2. The molecule has 46 heavy (non-hydrogen) atoms. The second-order valence-corrected chi connectivity index (χ2v) is 11.2. The van der Waals surface area contributed by atoms with Crippen LogP contribution in [0.3, 0.4) is 0 Å². The second kappa shape index (κ2) is 13.7. The van der Waals surface area contributed by atoms with E-state index < -0.39 is 23.9 Å². The maximum Gasteiger partial charge on any atom is 0.272 e. The van der Waals surface area contributed by atoms with Gasteiger partial charge in [-0.3, -0.25) is 14.4 Å². The average Bonchev–Trinajstić information content (AvgIpc) is 3.56. The number of carbonyl (C=O) groups is 3.